The van der Waals surface area contributed by atoms with Crippen LogP contribution in [0.25, 0.3) is 0 Å². The van der Waals surface area contributed by atoms with Gasteiger partial charge in [0.25, 0.3) is 0 Å². The van der Waals surface area contributed by atoms with Crippen molar-refractivity contribution in [3.05, 3.63) is 11.6 Å². The molecule has 5 aliphatic carbocycles. The van der Waals surface area contributed by atoms with Crippen molar-refractivity contribution in [2.24, 2.45) is 50.2 Å². The van der Waals surface area contributed by atoms with Crippen molar-refractivity contribution in [2.75, 3.05) is 0 Å². The molecule has 3 nitrogen and oxygen atoms in total. The molecule has 0 spiro atoms. The predicted octanol–water partition coefficient (Wildman–Crippen LogP) is 7.73. The molecule has 1 saturated heterocycles. The Morgan fingerprint density at radius 1 is 0.943 bits per heavy atom. The summed E-state index contributed by atoms with van der Waals surface area (Å²) in [7, 11) is 0. The number of carbonyl (C=O) groups excluding carboxylic acids is 1. The molecule has 0 radical (unpaired) electrons. The molecule has 196 valence electrons. The van der Waals surface area contributed by atoms with E-state index in [9.17, 15) is 4.79 Å². The molecule has 5 fully saturated rings. The van der Waals surface area contributed by atoms with Gasteiger partial charge in [0, 0.05) is 23.7 Å². The molecule has 0 amide bonds. The highest BCUT2D eigenvalue weighted by molar-refractivity contribution is 5.66. The third-order valence-electron chi connectivity index (χ3n) is 13.2. The van der Waals surface area contributed by atoms with Gasteiger partial charge in [0.15, 0.2) is 0 Å². The zero-order valence-corrected chi connectivity index (χ0v) is 23.9. The Morgan fingerprint density at radius 3 is 2.34 bits per heavy atom. The van der Waals surface area contributed by atoms with E-state index in [1.165, 1.54) is 38.5 Å². The molecule has 4 saturated carbocycles. The van der Waals surface area contributed by atoms with Crippen LogP contribution in [0.3, 0.4) is 0 Å². The molecule has 0 N–H and O–H groups in total. The first-order chi connectivity index (χ1) is 16.1. The van der Waals surface area contributed by atoms with Crippen LogP contribution in [-0.4, -0.2) is 24.3 Å². The third-order valence-corrected chi connectivity index (χ3v) is 13.2. The van der Waals surface area contributed by atoms with E-state index in [0.29, 0.717) is 40.8 Å². The van der Waals surface area contributed by atoms with Gasteiger partial charge < -0.3 is 9.47 Å². The van der Waals surface area contributed by atoms with Crippen molar-refractivity contribution in [1.29, 1.82) is 0 Å². The first-order valence-electron chi connectivity index (χ1n) is 14.6. The average Bonchev–Trinajstić information content (AvgIpc) is 3.52. The lowest BCUT2D eigenvalue weighted by Crippen LogP contribution is -2.65. The fraction of sp³-hybridized carbons (Fsp3) is 0.906. The summed E-state index contributed by atoms with van der Waals surface area (Å²) in [6.45, 7) is 21.7. The average molecular weight is 483 g/mol. The molecule has 10 atom stereocenters. The molecule has 35 heavy (non-hydrogen) atoms. The van der Waals surface area contributed by atoms with Crippen LogP contribution in [-0.2, 0) is 14.3 Å². The zero-order valence-electron chi connectivity index (χ0n) is 23.9. The second-order valence-corrected chi connectivity index (χ2v) is 16.2. The Bertz CT molecular complexity index is 977. The van der Waals surface area contributed by atoms with E-state index in [4.69, 9.17) is 9.47 Å². The number of hydrogen-bond donors (Lipinski definition) is 0. The summed E-state index contributed by atoms with van der Waals surface area (Å²) in [6.07, 6.45) is 13.4. The van der Waals surface area contributed by atoms with Crippen molar-refractivity contribution in [3.63, 3.8) is 0 Å². The van der Waals surface area contributed by atoms with Gasteiger partial charge >= 0.3 is 5.97 Å². The fourth-order valence-electron chi connectivity index (χ4n) is 11.6. The van der Waals surface area contributed by atoms with Crippen LogP contribution < -0.4 is 0 Å². The van der Waals surface area contributed by atoms with E-state index in [1.54, 1.807) is 12.5 Å². The second-order valence-electron chi connectivity index (χ2n) is 16.2. The van der Waals surface area contributed by atoms with Crippen LogP contribution in [0.15, 0.2) is 11.6 Å². The lowest BCUT2D eigenvalue weighted by atomic mass is 9.34. The van der Waals surface area contributed by atoms with Crippen LogP contribution >= 0.6 is 0 Å². The van der Waals surface area contributed by atoms with Crippen molar-refractivity contribution in [1.82, 2.24) is 0 Å². The summed E-state index contributed by atoms with van der Waals surface area (Å²) in [5.41, 5.74) is 3.23. The Kier molecular flexibility index (Phi) is 4.88. The highest BCUT2D eigenvalue weighted by atomic mass is 16.6. The highest BCUT2D eigenvalue weighted by Crippen LogP contribution is 2.78. The van der Waals surface area contributed by atoms with Crippen molar-refractivity contribution < 1.29 is 14.3 Å². The van der Waals surface area contributed by atoms with Crippen LogP contribution in [0, 0.1) is 50.2 Å². The summed E-state index contributed by atoms with van der Waals surface area (Å²) in [5.74, 6) is 1.71. The van der Waals surface area contributed by atoms with Crippen LogP contribution in [0.5, 0.6) is 0 Å². The molecule has 1 aliphatic heterocycles. The Balaban J connectivity index is 1.41. The van der Waals surface area contributed by atoms with Crippen molar-refractivity contribution in [3.8, 4) is 0 Å². The van der Waals surface area contributed by atoms with Gasteiger partial charge in [-0.2, -0.15) is 0 Å². The van der Waals surface area contributed by atoms with Gasteiger partial charge in [0.2, 0.25) is 0 Å². The number of carbonyl (C=O) groups is 1. The second kappa shape index (κ2) is 6.97. The lowest BCUT2D eigenvalue weighted by molar-refractivity contribution is -0.195. The number of epoxide rings is 1. The van der Waals surface area contributed by atoms with Crippen LogP contribution in [0.2, 0.25) is 0 Å². The van der Waals surface area contributed by atoms with Gasteiger partial charge in [-0.05, 0) is 84.9 Å². The Labute approximate surface area is 214 Å². The van der Waals surface area contributed by atoms with E-state index in [1.807, 2.05) is 0 Å². The normalized spacial score (nSPS) is 55.2. The third kappa shape index (κ3) is 3.03. The summed E-state index contributed by atoms with van der Waals surface area (Å²) in [4.78, 5) is 11.9. The van der Waals surface area contributed by atoms with Gasteiger partial charge in [0.05, 0.1) is 12.2 Å². The van der Waals surface area contributed by atoms with E-state index in [0.717, 1.165) is 12.8 Å². The molecule has 6 rings (SSSR count). The van der Waals surface area contributed by atoms with Gasteiger partial charge in [-0.15, -0.1) is 0 Å². The minimum Gasteiger partial charge on any atom is -0.462 e. The maximum Gasteiger partial charge on any atom is 0.302 e. The predicted molar refractivity (Wildman–Crippen MR) is 140 cm³/mol. The first kappa shape index (κ1) is 24.5. The smallest absolute Gasteiger partial charge is 0.302 e. The van der Waals surface area contributed by atoms with Gasteiger partial charge in [-0.3, -0.25) is 4.79 Å². The topological polar surface area (TPSA) is 38.8 Å². The van der Waals surface area contributed by atoms with Crippen molar-refractivity contribution in [2.45, 2.75) is 132 Å². The minimum absolute atomic E-state index is 0.00194. The number of fused-ring (bicyclic) bond motifs is 10. The number of ether oxygens (including phenoxy) is 2. The number of esters is 1. The maximum absolute atomic E-state index is 11.9. The Morgan fingerprint density at radius 2 is 1.66 bits per heavy atom. The Hall–Kier alpha value is -0.830. The van der Waals surface area contributed by atoms with Crippen molar-refractivity contribution >= 4 is 5.97 Å². The first-order valence-corrected chi connectivity index (χ1v) is 14.6. The van der Waals surface area contributed by atoms with E-state index in [-0.39, 0.29) is 33.7 Å². The van der Waals surface area contributed by atoms with E-state index >= 15 is 0 Å². The van der Waals surface area contributed by atoms with E-state index < -0.39 is 0 Å². The SMILES string of the molecule is CC(=O)OC1CCC2(C)C3C4OC4C4(C)C(=CCC5(C)CCC(C)(C)CC54)C3(C)CCC2C1(C)C. The van der Waals surface area contributed by atoms with Gasteiger partial charge in [0.1, 0.15) is 6.10 Å². The number of allylic oxidation sites excluding steroid dienone is 1. The molecular formula is C32H50O3. The minimum atomic E-state index is -0.128. The molecule has 0 aromatic carbocycles. The monoisotopic (exact) mass is 482 g/mol. The lowest BCUT2D eigenvalue weighted by Gasteiger charge is -2.69. The largest absolute Gasteiger partial charge is 0.462 e. The standard InChI is InChI=1S/C32H50O3/c1-19(33)34-23-12-15-30(7)20(28(23,4)5)11-14-31(8)21-10-13-29(6)17-16-27(2,3)18-22(29)32(21,9)26-24(35-26)25(30)31/h10,20,22-26H,11-18H2,1-9H3. The molecule has 0 aromatic heterocycles. The summed E-state index contributed by atoms with van der Waals surface area (Å²) < 4.78 is 12.8. The molecule has 3 heteroatoms. The summed E-state index contributed by atoms with van der Waals surface area (Å²) in [6, 6.07) is 0. The quantitative estimate of drug-likeness (QED) is 0.218. The summed E-state index contributed by atoms with van der Waals surface area (Å²) >= 11 is 0. The summed E-state index contributed by atoms with van der Waals surface area (Å²) in [5, 5.41) is 0. The van der Waals surface area contributed by atoms with Crippen LogP contribution in [0.1, 0.15) is 114 Å². The van der Waals surface area contributed by atoms with Gasteiger partial charge in [-0.25, -0.2) is 0 Å². The van der Waals surface area contributed by atoms with Gasteiger partial charge in [-0.1, -0.05) is 67.0 Å². The molecular weight excluding hydrogens is 432 g/mol. The number of hydrogen-bond acceptors (Lipinski definition) is 3. The van der Waals surface area contributed by atoms with E-state index in [2.05, 4.69) is 61.5 Å². The van der Waals surface area contributed by atoms with Crippen LogP contribution in [0.4, 0.5) is 0 Å². The fourth-order valence-corrected chi connectivity index (χ4v) is 11.6. The molecule has 6 aliphatic rings. The maximum atomic E-state index is 11.9. The molecule has 0 aromatic rings. The zero-order chi connectivity index (χ0) is 25.4. The molecule has 0 bridgehead atoms. The molecule has 10 unspecified atom stereocenters. The number of rotatable bonds is 1. The highest BCUT2D eigenvalue weighted by Gasteiger charge is 2.77. The molecule has 1 heterocycles.